The number of phenolic OH excluding ortho intramolecular Hbond substituents is 1. The van der Waals surface area contributed by atoms with Crippen molar-refractivity contribution in [1.29, 1.82) is 0 Å². The molecule has 1 aliphatic heterocycles. The Morgan fingerprint density at radius 2 is 1.56 bits per heavy atom. The van der Waals surface area contributed by atoms with E-state index in [1.807, 2.05) is 6.07 Å². The molecule has 0 saturated carbocycles. The molecule has 2 aromatic rings. The molecule has 1 aliphatic rings. The summed E-state index contributed by atoms with van der Waals surface area (Å²) in [5, 5.41) is 23.1. The molecule has 0 bridgehead atoms. The molecule has 6 N–H and O–H groups in total. The van der Waals surface area contributed by atoms with E-state index >= 15 is 0 Å². The first-order valence-electron chi connectivity index (χ1n) is 17.3. The Balaban J connectivity index is 1.83. The van der Waals surface area contributed by atoms with Crippen molar-refractivity contribution >= 4 is 35.7 Å². The van der Waals surface area contributed by atoms with Crippen molar-refractivity contribution in [1.82, 2.24) is 26.6 Å². The van der Waals surface area contributed by atoms with Crippen LogP contribution in [0.5, 0.6) is 5.75 Å². The van der Waals surface area contributed by atoms with Gasteiger partial charge in [-0.25, -0.2) is 9.59 Å². The molecule has 14 nitrogen and oxygen atoms in total. The van der Waals surface area contributed by atoms with Gasteiger partial charge in [-0.05, 0) is 55.9 Å². The second kappa shape index (κ2) is 18.7. The highest BCUT2D eigenvalue weighted by atomic mass is 16.6. The summed E-state index contributed by atoms with van der Waals surface area (Å²) in [6.07, 6.45) is 1.83. The Labute approximate surface area is 304 Å². The molecule has 0 spiro atoms. The normalized spacial score (nSPS) is 20.2. The lowest BCUT2D eigenvalue weighted by atomic mass is 10.0. The summed E-state index contributed by atoms with van der Waals surface area (Å²) in [5.41, 5.74) is 0.582. The van der Waals surface area contributed by atoms with Crippen LogP contribution in [0, 0.1) is 11.8 Å². The second-order valence-corrected chi connectivity index (χ2v) is 14.4. The third-order valence-corrected chi connectivity index (χ3v) is 7.97. The fourth-order valence-electron chi connectivity index (χ4n) is 5.25. The van der Waals surface area contributed by atoms with Crippen molar-refractivity contribution in [2.45, 2.75) is 97.1 Å². The quantitative estimate of drug-likeness (QED) is 0.189. The molecule has 0 aromatic heterocycles. The zero-order valence-corrected chi connectivity index (χ0v) is 30.7. The number of amides is 5. The van der Waals surface area contributed by atoms with Crippen LogP contribution in [0.4, 0.5) is 4.79 Å². The lowest BCUT2D eigenvalue weighted by Crippen LogP contribution is -2.58. The van der Waals surface area contributed by atoms with Gasteiger partial charge in [0.1, 0.15) is 42.1 Å². The van der Waals surface area contributed by atoms with Crippen molar-refractivity contribution in [2.75, 3.05) is 6.61 Å². The van der Waals surface area contributed by atoms with Gasteiger partial charge in [0, 0.05) is 18.9 Å². The number of alkyl carbamates (subject to hydrolysis) is 1. The highest BCUT2D eigenvalue weighted by molar-refractivity contribution is 5.95. The van der Waals surface area contributed by atoms with E-state index in [4.69, 9.17) is 9.47 Å². The van der Waals surface area contributed by atoms with Gasteiger partial charge in [-0.15, -0.1) is 0 Å². The first-order chi connectivity index (χ1) is 24.4. The number of hydrogen-bond acceptors (Lipinski definition) is 9. The minimum atomic E-state index is -1.16. The van der Waals surface area contributed by atoms with Crippen molar-refractivity contribution in [3.8, 4) is 5.75 Å². The van der Waals surface area contributed by atoms with Crippen LogP contribution in [0.3, 0.4) is 0 Å². The third-order valence-electron chi connectivity index (χ3n) is 7.97. The molecule has 1 heterocycles. The molecule has 2 aromatic carbocycles. The minimum Gasteiger partial charge on any atom is -0.508 e. The van der Waals surface area contributed by atoms with Gasteiger partial charge in [0.05, 0.1) is 6.04 Å². The molecule has 0 radical (unpaired) electrons. The van der Waals surface area contributed by atoms with Gasteiger partial charge >= 0.3 is 12.1 Å². The Morgan fingerprint density at radius 3 is 2.15 bits per heavy atom. The number of cyclic esters (lactones) is 1. The Morgan fingerprint density at radius 1 is 0.904 bits per heavy atom. The number of esters is 1. The molecular formula is C38H51N5O9. The lowest BCUT2D eigenvalue weighted by molar-refractivity contribution is -0.149. The first kappa shape index (κ1) is 41.0. The molecule has 0 saturated heterocycles. The van der Waals surface area contributed by atoms with Crippen LogP contribution >= 0.6 is 0 Å². The van der Waals surface area contributed by atoms with Crippen molar-refractivity contribution in [2.24, 2.45) is 11.8 Å². The number of aromatic hydroxyl groups is 1. The molecule has 5 amide bonds. The van der Waals surface area contributed by atoms with E-state index in [0.717, 1.165) is 11.6 Å². The summed E-state index contributed by atoms with van der Waals surface area (Å²) in [6, 6.07) is 9.81. The molecule has 0 aliphatic carbocycles. The highest BCUT2D eigenvalue weighted by Crippen LogP contribution is 2.14. The number of rotatable bonds is 11. The average molecular weight is 722 g/mol. The molecule has 0 fully saturated rings. The molecule has 14 heteroatoms. The second-order valence-electron chi connectivity index (χ2n) is 14.4. The zero-order valence-electron chi connectivity index (χ0n) is 30.7. The van der Waals surface area contributed by atoms with Crippen LogP contribution in [-0.2, 0) is 46.3 Å². The zero-order chi connectivity index (χ0) is 38.6. The third kappa shape index (κ3) is 13.4. The Hall–Kier alpha value is -5.40. The molecular weight excluding hydrogens is 670 g/mol. The van der Waals surface area contributed by atoms with E-state index < -0.39 is 84.0 Å². The number of benzene rings is 2. The van der Waals surface area contributed by atoms with Gasteiger partial charge < -0.3 is 41.2 Å². The topological polar surface area (TPSA) is 201 Å². The minimum absolute atomic E-state index is 0.0272. The highest BCUT2D eigenvalue weighted by Gasteiger charge is 2.33. The van der Waals surface area contributed by atoms with Crippen molar-refractivity contribution < 1.29 is 43.3 Å². The maximum Gasteiger partial charge on any atom is 0.408 e. The number of ether oxygens (including phenoxy) is 2. The Bertz CT molecular complexity index is 1590. The number of hydrogen-bond donors (Lipinski definition) is 6. The van der Waals surface area contributed by atoms with Crippen LogP contribution in [0.25, 0.3) is 0 Å². The number of carbonyl (C=O) groups excluding carboxylic acids is 6. The van der Waals surface area contributed by atoms with Gasteiger partial charge in [0.2, 0.25) is 23.6 Å². The summed E-state index contributed by atoms with van der Waals surface area (Å²) in [5.74, 6) is -3.97. The van der Waals surface area contributed by atoms with Gasteiger partial charge in [0.25, 0.3) is 0 Å². The Kier molecular flexibility index (Phi) is 14.8. The van der Waals surface area contributed by atoms with E-state index in [9.17, 15) is 33.9 Å². The van der Waals surface area contributed by atoms with Crippen LogP contribution < -0.4 is 26.6 Å². The summed E-state index contributed by atoms with van der Waals surface area (Å²) in [7, 11) is 0. The summed E-state index contributed by atoms with van der Waals surface area (Å²) in [6.45, 7) is 11.6. The number of carbonyl (C=O) groups is 6. The van der Waals surface area contributed by atoms with Crippen molar-refractivity contribution in [3.63, 3.8) is 0 Å². The van der Waals surface area contributed by atoms with Gasteiger partial charge in [-0.3, -0.25) is 19.2 Å². The predicted molar refractivity (Wildman–Crippen MR) is 193 cm³/mol. The fourth-order valence-corrected chi connectivity index (χ4v) is 5.25. The molecule has 282 valence electrons. The van der Waals surface area contributed by atoms with Crippen LogP contribution in [-0.4, -0.2) is 83.2 Å². The number of nitrogens with one attached hydrogen (secondary N) is 5. The van der Waals surface area contributed by atoms with Gasteiger partial charge in [0.15, 0.2) is 0 Å². The standard InChI is InChI=1S/C38H51N5O9/c1-22(2)31-35(48)40-29(20-25-13-16-27(44)17-14-25)36(49)51-21-26(15-18-30(45)42-31)39-34(47)32(23(3)4)43-33(46)28(19-24-11-9-8-10-12-24)41-37(50)52-38(5,6)7/h8-18,22-23,26,28-29,31-32,44H,19-21H2,1-7H3,(H,39,47)(H,40,48)(H,41,50)(H,42,45)(H,43,46)/b18-15+/t26-,28+,29+,31+,32+/m1/s1. The SMILES string of the molecule is CC(C)[C@@H]1NC(=O)/C=C/[C@@H](NC(=O)[C@@H](NC(=O)[C@H](Cc2ccccc2)NC(=O)OC(C)(C)C)C(C)C)COC(=O)[C@H](Cc2ccc(O)cc2)NC1=O. The largest absolute Gasteiger partial charge is 0.508 e. The van der Waals surface area contributed by atoms with Crippen molar-refractivity contribution in [3.05, 3.63) is 77.9 Å². The molecule has 52 heavy (non-hydrogen) atoms. The van der Waals surface area contributed by atoms with E-state index in [2.05, 4.69) is 26.6 Å². The van der Waals surface area contributed by atoms with Gasteiger partial charge in [-0.2, -0.15) is 0 Å². The summed E-state index contributed by atoms with van der Waals surface area (Å²) < 4.78 is 11.0. The first-order valence-corrected chi connectivity index (χ1v) is 17.3. The maximum absolute atomic E-state index is 13.7. The maximum atomic E-state index is 13.7. The van der Waals surface area contributed by atoms with Crippen LogP contribution in [0.1, 0.15) is 59.6 Å². The molecule has 3 rings (SSSR count). The van der Waals surface area contributed by atoms with Crippen LogP contribution in [0.15, 0.2) is 66.7 Å². The van der Waals surface area contributed by atoms with E-state index in [1.54, 1.807) is 84.9 Å². The van der Waals surface area contributed by atoms with E-state index in [0.29, 0.717) is 5.56 Å². The monoisotopic (exact) mass is 721 g/mol. The average Bonchev–Trinajstić information content (AvgIpc) is 3.06. The van der Waals surface area contributed by atoms with Gasteiger partial charge in [-0.1, -0.05) is 76.2 Å². The molecule has 5 atom stereocenters. The fraction of sp³-hybridized carbons (Fsp3) is 0.474. The predicted octanol–water partition coefficient (Wildman–Crippen LogP) is 2.43. The van der Waals surface area contributed by atoms with E-state index in [1.165, 1.54) is 18.2 Å². The lowest BCUT2D eigenvalue weighted by Gasteiger charge is -2.28. The summed E-state index contributed by atoms with van der Waals surface area (Å²) >= 11 is 0. The molecule has 0 unspecified atom stereocenters. The van der Waals surface area contributed by atoms with E-state index in [-0.39, 0.29) is 24.5 Å². The van der Waals surface area contributed by atoms with Crippen LogP contribution in [0.2, 0.25) is 0 Å². The summed E-state index contributed by atoms with van der Waals surface area (Å²) in [4.78, 5) is 79.6. The smallest absolute Gasteiger partial charge is 0.408 e. The number of phenols is 1.